The minimum absolute atomic E-state index is 0. The molecule has 3 heterocycles. The van der Waals surface area contributed by atoms with Crippen molar-refractivity contribution in [3.63, 3.8) is 0 Å². The first-order chi connectivity index (χ1) is 17.5. The lowest BCUT2D eigenvalue weighted by Gasteiger charge is -2.64. The first-order valence-corrected chi connectivity index (χ1v) is 13.3. The van der Waals surface area contributed by atoms with E-state index in [4.69, 9.17) is 4.74 Å². The number of nitrogens with zero attached hydrogens (tertiary/aromatic N) is 1. The number of halogens is 1. The number of hydrogen-bond donors (Lipinski definition) is 4. The molecule has 5 atom stereocenters. The van der Waals surface area contributed by atoms with Gasteiger partial charge in [0.2, 0.25) is 0 Å². The predicted molar refractivity (Wildman–Crippen MR) is 142 cm³/mol. The number of likely N-dealkylation sites (tertiary alicyclic amines) is 1. The Hall–Kier alpha value is -2.74. The largest absolute Gasteiger partial charge is 0.504 e. The molecule has 5 aliphatic rings. The van der Waals surface area contributed by atoms with Crippen LogP contribution in [0.4, 0.5) is 0 Å². The standard InChI is InChI=1S/C29H31N3O4.ClH/c33-22-6-4-18-14-23-29(35)9-7-21(31-27(34)19-3-5-20-17(13-19)8-11-30-20)26-28(29,24(18)25(22)36-26)10-12-32(23)15-16-1-2-16;/h3-6,8,11,13,16,21,23,26,30,33,35H,1-2,7,9-10,12,14-15H2,(H,31,34);1H/t21-,23-,26+,28+,29-;/m1./s1. The smallest absolute Gasteiger partial charge is 0.251 e. The number of aliphatic hydroxyl groups is 1. The fourth-order valence-electron chi connectivity index (χ4n) is 8.08. The summed E-state index contributed by atoms with van der Waals surface area (Å²) in [4.78, 5) is 19.1. The molecule has 0 radical (unpaired) electrons. The van der Waals surface area contributed by atoms with Gasteiger partial charge < -0.3 is 25.3 Å². The van der Waals surface area contributed by atoms with E-state index in [0.717, 1.165) is 48.3 Å². The number of phenols is 1. The normalized spacial score (nSPS) is 33.4. The Balaban J connectivity index is 0.00000231. The zero-order valence-corrected chi connectivity index (χ0v) is 21.4. The van der Waals surface area contributed by atoms with Gasteiger partial charge >= 0.3 is 0 Å². The highest BCUT2D eigenvalue weighted by atomic mass is 35.5. The van der Waals surface area contributed by atoms with Crippen molar-refractivity contribution in [2.75, 3.05) is 13.1 Å². The summed E-state index contributed by atoms with van der Waals surface area (Å²) in [5.74, 6) is 1.26. The van der Waals surface area contributed by atoms with Gasteiger partial charge in [0, 0.05) is 40.8 Å². The molecule has 2 aliphatic heterocycles. The maximum Gasteiger partial charge on any atom is 0.251 e. The minimum atomic E-state index is -0.942. The fourth-order valence-corrected chi connectivity index (χ4v) is 8.08. The van der Waals surface area contributed by atoms with Crippen molar-refractivity contribution >= 4 is 29.2 Å². The molecule has 1 saturated heterocycles. The second-order valence-corrected chi connectivity index (χ2v) is 11.7. The third kappa shape index (κ3) is 3.05. The lowest BCUT2D eigenvalue weighted by atomic mass is 9.48. The van der Waals surface area contributed by atoms with Crippen molar-refractivity contribution in [3.05, 3.63) is 59.3 Å². The number of aromatic hydroxyl groups is 1. The van der Waals surface area contributed by atoms with E-state index >= 15 is 0 Å². The number of piperidine rings is 1. The molecule has 37 heavy (non-hydrogen) atoms. The molecule has 7 nitrogen and oxygen atoms in total. The van der Waals surface area contributed by atoms with E-state index in [-0.39, 0.29) is 36.1 Å². The molecule has 3 fully saturated rings. The van der Waals surface area contributed by atoms with E-state index in [9.17, 15) is 15.0 Å². The van der Waals surface area contributed by atoms with Crippen molar-refractivity contribution in [1.29, 1.82) is 0 Å². The van der Waals surface area contributed by atoms with E-state index in [0.29, 0.717) is 24.2 Å². The minimum Gasteiger partial charge on any atom is -0.504 e. The Morgan fingerprint density at radius 2 is 2.03 bits per heavy atom. The van der Waals surface area contributed by atoms with Crippen LogP contribution >= 0.6 is 12.4 Å². The molecule has 3 aromatic rings. The van der Waals surface area contributed by atoms with Gasteiger partial charge in [-0.3, -0.25) is 9.69 Å². The maximum atomic E-state index is 13.4. The molecule has 194 valence electrons. The fraction of sp³-hybridized carbons (Fsp3) is 0.483. The first kappa shape index (κ1) is 23.4. The van der Waals surface area contributed by atoms with E-state index in [1.54, 1.807) is 6.07 Å². The molecule has 2 aromatic carbocycles. The number of carbonyl (C=O) groups excluding carboxylic acids is 1. The van der Waals surface area contributed by atoms with E-state index < -0.39 is 17.1 Å². The highest BCUT2D eigenvalue weighted by Crippen LogP contribution is 2.65. The second kappa shape index (κ2) is 7.88. The molecule has 1 spiro atoms. The van der Waals surface area contributed by atoms with Crippen LogP contribution in [0.15, 0.2) is 42.6 Å². The average molecular weight is 522 g/mol. The van der Waals surface area contributed by atoms with Crippen LogP contribution in [-0.2, 0) is 11.8 Å². The summed E-state index contributed by atoms with van der Waals surface area (Å²) < 4.78 is 6.56. The average Bonchev–Trinajstić information content (AvgIpc) is 3.42. The molecule has 3 aliphatic carbocycles. The lowest BCUT2D eigenvalue weighted by Crippen LogP contribution is -2.78. The SMILES string of the molecule is Cl.O=C(N[C@@H]1CC[C@@]2(O)[C@H]3Cc4ccc(O)c5c4[C@@]2(CCN3CC2CC2)[C@H]1O5)c1ccc2[nH]ccc2c1. The molecule has 1 aromatic heterocycles. The summed E-state index contributed by atoms with van der Waals surface area (Å²) in [7, 11) is 0. The number of nitrogens with one attached hydrogen (secondary N) is 2. The molecular weight excluding hydrogens is 490 g/mol. The van der Waals surface area contributed by atoms with Crippen molar-refractivity contribution in [2.24, 2.45) is 5.92 Å². The van der Waals surface area contributed by atoms with Crippen LogP contribution in [0, 0.1) is 5.92 Å². The number of aromatic nitrogens is 1. The van der Waals surface area contributed by atoms with E-state index in [2.05, 4.69) is 15.2 Å². The lowest BCUT2D eigenvalue weighted by molar-refractivity contribution is -0.191. The van der Waals surface area contributed by atoms with Crippen LogP contribution in [0.2, 0.25) is 0 Å². The quantitative estimate of drug-likeness (QED) is 0.420. The first-order valence-electron chi connectivity index (χ1n) is 13.3. The monoisotopic (exact) mass is 521 g/mol. The van der Waals surface area contributed by atoms with Crippen LogP contribution in [0.5, 0.6) is 11.5 Å². The summed E-state index contributed by atoms with van der Waals surface area (Å²) in [6.07, 6.45) is 6.82. The number of benzene rings is 2. The van der Waals surface area contributed by atoms with Gasteiger partial charge in [0.1, 0.15) is 6.10 Å². The number of hydrogen-bond acceptors (Lipinski definition) is 5. The predicted octanol–water partition coefficient (Wildman–Crippen LogP) is 3.66. The molecule has 0 unspecified atom stereocenters. The zero-order chi connectivity index (χ0) is 24.2. The van der Waals surface area contributed by atoms with E-state index in [1.165, 1.54) is 18.4 Å². The van der Waals surface area contributed by atoms with Gasteiger partial charge in [-0.25, -0.2) is 0 Å². The number of aromatic amines is 1. The zero-order valence-electron chi connectivity index (χ0n) is 20.6. The number of H-pyrrole nitrogens is 1. The van der Waals surface area contributed by atoms with Gasteiger partial charge in [-0.2, -0.15) is 0 Å². The summed E-state index contributed by atoms with van der Waals surface area (Å²) in [5, 5.41) is 27.6. The third-order valence-electron chi connectivity index (χ3n) is 9.89. The second-order valence-electron chi connectivity index (χ2n) is 11.7. The molecule has 4 N–H and O–H groups in total. The maximum absolute atomic E-state index is 13.4. The van der Waals surface area contributed by atoms with Gasteiger partial charge in [-0.1, -0.05) is 6.07 Å². The van der Waals surface area contributed by atoms with Gasteiger partial charge in [0.15, 0.2) is 11.5 Å². The summed E-state index contributed by atoms with van der Waals surface area (Å²) >= 11 is 0. The highest BCUT2D eigenvalue weighted by Gasteiger charge is 2.73. The van der Waals surface area contributed by atoms with Gasteiger partial charge in [0.05, 0.1) is 17.1 Å². The van der Waals surface area contributed by atoms with Crippen LogP contribution in [0.3, 0.4) is 0 Å². The van der Waals surface area contributed by atoms with Crippen molar-refractivity contribution in [2.45, 2.75) is 67.7 Å². The third-order valence-corrected chi connectivity index (χ3v) is 9.89. The Kier molecular flexibility index (Phi) is 4.98. The summed E-state index contributed by atoms with van der Waals surface area (Å²) in [6, 6.07) is 11.2. The Morgan fingerprint density at radius 3 is 2.86 bits per heavy atom. The van der Waals surface area contributed by atoms with Crippen molar-refractivity contribution < 1.29 is 19.7 Å². The molecule has 2 bridgehead atoms. The van der Waals surface area contributed by atoms with Crippen LogP contribution in [0.25, 0.3) is 10.9 Å². The summed E-state index contributed by atoms with van der Waals surface area (Å²) in [5.41, 5.74) is 2.20. The van der Waals surface area contributed by atoms with E-state index in [1.807, 2.05) is 36.5 Å². The summed E-state index contributed by atoms with van der Waals surface area (Å²) in [6.45, 7) is 1.96. The molecule has 2 saturated carbocycles. The Morgan fingerprint density at radius 1 is 1.16 bits per heavy atom. The van der Waals surface area contributed by atoms with Crippen LogP contribution in [-0.4, -0.2) is 62.9 Å². The van der Waals surface area contributed by atoms with Crippen LogP contribution in [0.1, 0.15) is 53.6 Å². The van der Waals surface area contributed by atoms with Crippen molar-refractivity contribution in [3.8, 4) is 11.5 Å². The highest BCUT2D eigenvalue weighted by molar-refractivity contribution is 5.98. The number of amides is 1. The Labute approximate surface area is 221 Å². The number of carbonyl (C=O) groups is 1. The molecule has 8 rings (SSSR count). The topological polar surface area (TPSA) is 97.8 Å². The molecular formula is C29H32ClN3O4. The van der Waals surface area contributed by atoms with Gasteiger partial charge in [-0.05, 0) is 86.9 Å². The van der Waals surface area contributed by atoms with Gasteiger partial charge in [-0.15, -0.1) is 12.4 Å². The van der Waals surface area contributed by atoms with Gasteiger partial charge in [0.25, 0.3) is 5.91 Å². The number of rotatable bonds is 4. The Bertz CT molecular complexity index is 1420. The molecule has 8 heteroatoms. The number of ether oxygens (including phenoxy) is 1. The molecule has 1 amide bonds. The number of phenolic OH excluding ortho intramolecular Hbond substituents is 1. The van der Waals surface area contributed by atoms with Crippen LogP contribution < -0.4 is 10.1 Å². The number of fused-ring (bicyclic) bond motifs is 1. The van der Waals surface area contributed by atoms with Crippen molar-refractivity contribution in [1.82, 2.24) is 15.2 Å².